The lowest BCUT2D eigenvalue weighted by Crippen LogP contribution is -2.16. The molecule has 0 bridgehead atoms. The van der Waals surface area contributed by atoms with E-state index in [1.807, 2.05) is 80.6 Å². The minimum absolute atomic E-state index is 0.121. The second-order valence-electron chi connectivity index (χ2n) is 8.56. The molecule has 1 heterocycles. The molecule has 6 heteroatoms. The van der Waals surface area contributed by atoms with Crippen molar-refractivity contribution in [1.82, 2.24) is 9.97 Å². The van der Waals surface area contributed by atoms with Crippen LogP contribution in [0, 0.1) is 0 Å². The summed E-state index contributed by atoms with van der Waals surface area (Å²) in [5.74, 6) is 0.750. The number of nitrogens with zero attached hydrogens (tertiary/aromatic N) is 3. The summed E-state index contributed by atoms with van der Waals surface area (Å²) in [6, 6.07) is 22.0. The predicted octanol–water partition coefficient (Wildman–Crippen LogP) is 5.47. The molecule has 3 aromatic carbocycles. The quantitative estimate of drug-likeness (QED) is 0.381. The van der Waals surface area contributed by atoms with Crippen molar-refractivity contribution in [2.75, 3.05) is 36.3 Å². The Morgan fingerprint density at radius 2 is 1.73 bits per heavy atom. The van der Waals surface area contributed by atoms with Crippen LogP contribution < -0.4 is 15.1 Å². The molecule has 1 amide bonds. The average molecular weight is 442 g/mol. The Balaban J connectivity index is 1.58. The first kappa shape index (κ1) is 22.4. The maximum atomic E-state index is 12.9. The van der Waals surface area contributed by atoms with Crippen LogP contribution in [0.1, 0.15) is 35.1 Å². The summed E-state index contributed by atoms with van der Waals surface area (Å²) in [4.78, 5) is 25.3. The Hall–Kier alpha value is -3.80. The molecule has 0 aliphatic heterocycles. The summed E-state index contributed by atoms with van der Waals surface area (Å²) in [6.07, 6.45) is 2.11. The van der Waals surface area contributed by atoms with Crippen molar-refractivity contribution in [2.24, 2.45) is 0 Å². The van der Waals surface area contributed by atoms with Gasteiger partial charge in [0.15, 0.2) is 0 Å². The van der Waals surface area contributed by atoms with Crippen molar-refractivity contribution in [2.45, 2.75) is 26.3 Å². The number of hydrogen-bond acceptors (Lipinski definition) is 4. The van der Waals surface area contributed by atoms with Crippen LogP contribution in [0.4, 0.5) is 17.1 Å². The summed E-state index contributed by atoms with van der Waals surface area (Å²) >= 11 is 0. The van der Waals surface area contributed by atoms with Crippen LogP contribution in [0.15, 0.2) is 66.7 Å². The molecule has 4 rings (SSSR count). The Bertz CT molecular complexity index is 1230. The van der Waals surface area contributed by atoms with Crippen LogP contribution in [-0.2, 0) is 13.0 Å². The van der Waals surface area contributed by atoms with E-state index in [-0.39, 0.29) is 5.91 Å². The number of aromatic nitrogens is 2. The van der Waals surface area contributed by atoms with Gasteiger partial charge in [0.2, 0.25) is 0 Å². The van der Waals surface area contributed by atoms with E-state index in [4.69, 9.17) is 4.98 Å². The lowest BCUT2D eigenvalue weighted by molar-refractivity contribution is 0.102. The molecule has 2 N–H and O–H groups in total. The van der Waals surface area contributed by atoms with Crippen LogP contribution >= 0.6 is 0 Å². The number of amides is 1. The molecule has 170 valence electrons. The number of anilines is 3. The molecule has 0 saturated heterocycles. The van der Waals surface area contributed by atoms with E-state index in [2.05, 4.69) is 34.3 Å². The normalized spacial score (nSPS) is 10.9. The van der Waals surface area contributed by atoms with Gasteiger partial charge in [-0.1, -0.05) is 43.7 Å². The Labute approximate surface area is 195 Å². The highest BCUT2D eigenvalue weighted by Gasteiger charge is 2.15. The highest BCUT2D eigenvalue weighted by atomic mass is 16.1. The molecule has 33 heavy (non-hydrogen) atoms. The molecule has 4 aromatic rings. The topological polar surface area (TPSA) is 64.3 Å². The smallest absolute Gasteiger partial charge is 0.255 e. The number of aromatic amines is 1. The van der Waals surface area contributed by atoms with Gasteiger partial charge in [0.05, 0.1) is 29.0 Å². The predicted molar refractivity (Wildman–Crippen MR) is 137 cm³/mol. The lowest BCUT2D eigenvalue weighted by atomic mass is 10.1. The minimum atomic E-state index is -0.121. The number of imidazole rings is 1. The highest BCUT2D eigenvalue weighted by molar-refractivity contribution is 6.07. The van der Waals surface area contributed by atoms with Crippen molar-refractivity contribution in [1.29, 1.82) is 0 Å². The number of carbonyl (C=O) groups excluding carboxylic acids is 1. The number of aryl methyl sites for hydroxylation is 1. The van der Waals surface area contributed by atoms with Crippen LogP contribution in [0.25, 0.3) is 11.0 Å². The van der Waals surface area contributed by atoms with E-state index in [1.54, 1.807) is 0 Å². The second kappa shape index (κ2) is 9.77. The van der Waals surface area contributed by atoms with Crippen LogP contribution in [0.2, 0.25) is 0 Å². The zero-order chi connectivity index (χ0) is 23.4. The zero-order valence-corrected chi connectivity index (χ0v) is 19.7. The van der Waals surface area contributed by atoms with E-state index in [9.17, 15) is 4.79 Å². The van der Waals surface area contributed by atoms with E-state index in [0.717, 1.165) is 46.8 Å². The standard InChI is InChI=1S/C27H31N5O/c1-5-9-19-12-14-20(15-13-19)27(33)30-24-16-22-23(17-25(24)31(2)3)29-26(28-22)18-32(4)21-10-7-6-8-11-21/h6-8,10-17H,5,9,18H2,1-4H3,(H,28,29)(H,30,33). The summed E-state index contributed by atoms with van der Waals surface area (Å²) < 4.78 is 0. The molecule has 1 aromatic heterocycles. The van der Waals surface area contributed by atoms with Gasteiger partial charge in [0.1, 0.15) is 5.82 Å². The van der Waals surface area contributed by atoms with Crippen LogP contribution in [-0.4, -0.2) is 37.0 Å². The van der Waals surface area contributed by atoms with Gasteiger partial charge in [-0.05, 0) is 48.4 Å². The van der Waals surface area contributed by atoms with Gasteiger partial charge in [-0.25, -0.2) is 4.98 Å². The third kappa shape index (κ3) is 5.17. The first-order valence-electron chi connectivity index (χ1n) is 11.3. The molecule has 0 spiro atoms. The number of fused-ring (bicyclic) bond motifs is 1. The Kier molecular flexibility index (Phi) is 6.63. The molecule has 0 saturated carbocycles. The van der Waals surface area contributed by atoms with E-state index >= 15 is 0 Å². The van der Waals surface area contributed by atoms with E-state index in [0.29, 0.717) is 12.1 Å². The molecule has 0 unspecified atom stereocenters. The number of hydrogen-bond donors (Lipinski definition) is 2. The van der Waals surface area contributed by atoms with Gasteiger partial charge in [-0.3, -0.25) is 4.79 Å². The fourth-order valence-electron chi connectivity index (χ4n) is 3.95. The van der Waals surface area contributed by atoms with Gasteiger partial charge in [-0.2, -0.15) is 0 Å². The van der Waals surface area contributed by atoms with Gasteiger partial charge in [-0.15, -0.1) is 0 Å². The lowest BCUT2D eigenvalue weighted by Gasteiger charge is -2.18. The summed E-state index contributed by atoms with van der Waals surface area (Å²) in [5, 5.41) is 3.09. The monoisotopic (exact) mass is 441 g/mol. The van der Waals surface area contributed by atoms with Crippen molar-refractivity contribution >= 4 is 34.0 Å². The summed E-state index contributed by atoms with van der Waals surface area (Å²) in [5.41, 5.74) is 6.45. The number of carbonyl (C=O) groups is 1. The molecule has 0 fully saturated rings. The fourth-order valence-corrected chi connectivity index (χ4v) is 3.95. The third-order valence-electron chi connectivity index (χ3n) is 5.72. The van der Waals surface area contributed by atoms with Crippen LogP contribution in [0.3, 0.4) is 0 Å². The van der Waals surface area contributed by atoms with Gasteiger partial charge < -0.3 is 20.1 Å². The number of rotatable bonds is 8. The van der Waals surface area contributed by atoms with Gasteiger partial charge in [0.25, 0.3) is 5.91 Å². The number of H-pyrrole nitrogens is 1. The molecule has 0 radical (unpaired) electrons. The zero-order valence-electron chi connectivity index (χ0n) is 19.7. The Morgan fingerprint density at radius 1 is 1.00 bits per heavy atom. The molecule has 6 nitrogen and oxygen atoms in total. The van der Waals surface area contributed by atoms with Crippen LogP contribution in [0.5, 0.6) is 0 Å². The number of nitrogens with one attached hydrogen (secondary N) is 2. The molecule has 0 aliphatic rings. The summed E-state index contributed by atoms with van der Waals surface area (Å²) in [7, 11) is 5.98. The van der Waals surface area contributed by atoms with E-state index in [1.165, 1.54) is 5.56 Å². The molecular weight excluding hydrogens is 410 g/mol. The molecule has 0 atom stereocenters. The first-order chi connectivity index (χ1) is 15.9. The van der Waals surface area contributed by atoms with Crippen molar-refractivity contribution in [3.05, 3.63) is 83.7 Å². The number of benzene rings is 3. The van der Waals surface area contributed by atoms with E-state index < -0.39 is 0 Å². The molecule has 0 aliphatic carbocycles. The molecular formula is C27H31N5O. The average Bonchev–Trinajstić information content (AvgIpc) is 3.20. The van der Waals surface area contributed by atoms with Gasteiger partial charge in [0, 0.05) is 32.4 Å². The van der Waals surface area contributed by atoms with Crippen molar-refractivity contribution in [3.63, 3.8) is 0 Å². The SMILES string of the molecule is CCCc1ccc(C(=O)Nc2cc3[nH]c(CN(C)c4ccccc4)nc3cc2N(C)C)cc1. The highest BCUT2D eigenvalue weighted by Crippen LogP contribution is 2.30. The maximum Gasteiger partial charge on any atom is 0.255 e. The Morgan fingerprint density at radius 3 is 2.39 bits per heavy atom. The van der Waals surface area contributed by atoms with Gasteiger partial charge >= 0.3 is 0 Å². The summed E-state index contributed by atoms with van der Waals surface area (Å²) in [6.45, 7) is 2.81. The number of para-hydroxylation sites is 1. The van der Waals surface area contributed by atoms with Crippen molar-refractivity contribution < 1.29 is 4.79 Å². The maximum absolute atomic E-state index is 12.9. The largest absolute Gasteiger partial charge is 0.376 e. The first-order valence-corrected chi connectivity index (χ1v) is 11.3. The second-order valence-corrected chi connectivity index (χ2v) is 8.56. The third-order valence-corrected chi connectivity index (χ3v) is 5.72. The van der Waals surface area contributed by atoms with Crippen molar-refractivity contribution in [3.8, 4) is 0 Å². The fraction of sp³-hybridized carbons (Fsp3) is 0.259. The minimum Gasteiger partial charge on any atom is -0.376 e.